The molecule has 2 aliphatic carbocycles. The number of aromatic nitrogens is 2. The van der Waals surface area contributed by atoms with Crippen LogP contribution in [0.15, 0.2) is 30.6 Å². The van der Waals surface area contributed by atoms with Crippen molar-refractivity contribution in [3.63, 3.8) is 0 Å². The summed E-state index contributed by atoms with van der Waals surface area (Å²) < 4.78 is 0. The maximum absolute atomic E-state index is 10.8. The highest BCUT2D eigenvalue weighted by atomic mass is 16.4. The number of nitrogens with one attached hydrogen (secondary N) is 1. The topological polar surface area (TPSA) is 75.1 Å². The van der Waals surface area contributed by atoms with E-state index >= 15 is 0 Å². The average molecular weight is 295 g/mol. The van der Waals surface area contributed by atoms with Gasteiger partial charge in [0.15, 0.2) is 0 Å². The Bertz CT molecular complexity index is 723. The summed E-state index contributed by atoms with van der Waals surface area (Å²) in [5, 5.41) is 12.2. The SMILES string of the molecule is O=C(O)c1cnc(NC2Cc3ccc(C4CC4)cc3C2)nc1. The summed E-state index contributed by atoms with van der Waals surface area (Å²) in [7, 11) is 0. The Morgan fingerprint density at radius 3 is 2.55 bits per heavy atom. The zero-order valence-electron chi connectivity index (χ0n) is 12.1. The normalized spacial score (nSPS) is 19.7. The molecular weight excluding hydrogens is 278 g/mol. The highest BCUT2D eigenvalue weighted by molar-refractivity contribution is 5.86. The molecule has 5 nitrogen and oxygen atoms in total. The standard InChI is InChI=1S/C17H17N3O2/c21-16(22)14-8-18-17(19-9-14)20-15-6-12-4-3-11(10-1-2-10)5-13(12)7-15/h3-5,8-10,15H,1-2,6-7H2,(H,21,22)(H,18,19,20). The second-order valence-corrected chi connectivity index (χ2v) is 6.15. The third-order valence-electron chi connectivity index (χ3n) is 4.44. The molecule has 0 radical (unpaired) electrons. The minimum absolute atomic E-state index is 0.106. The van der Waals surface area contributed by atoms with Gasteiger partial charge in [-0.2, -0.15) is 0 Å². The molecule has 1 aromatic heterocycles. The summed E-state index contributed by atoms with van der Waals surface area (Å²) in [6.07, 6.45) is 7.26. The molecule has 1 saturated carbocycles. The fraction of sp³-hybridized carbons (Fsp3) is 0.353. The van der Waals surface area contributed by atoms with E-state index in [1.165, 1.54) is 41.9 Å². The average Bonchev–Trinajstić information content (AvgIpc) is 3.28. The number of aromatic carboxylic acids is 1. The molecule has 1 aromatic carbocycles. The van der Waals surface area contributed by atoms with E-state index in [-0.39, 0.29) is 11.6 Å². The predicted octanol–water partition coefficient (Wildman–Crippen LogP) is 2.63. The highest BCUT2D eigenvalue weighted by Gasteiger charge is 2.27. The summed E-state index contributed by atoms with van der Waals surface area (Å²) in [6, 6.07) is 7.14. The van der Waals surface area contributed by atoms with Crippen molar-refractivity contribution in [1.82, 2.24) is 9.97 Å². The maximum Gasteiger partial charge on any atom is 0.338 e. The fourth-order valence-electron chi connectivity index (χ4n) is 3.11. The smallest absolute Gasteiger partial charge is 0.338 e. The Kier molecular flexibility index (Phi) is 3.06. The van der Waals surface area contributed by atoms with Crippen LogP contribution in [-0.2, 0) is 12.8 Å². The molecule has 2 N–H and O–H groups in total. The van der Waals surface area contributed by atoms with Gasteiger partial charge in [0, 0.05) is 18.4 Å². The van der Waals surface area contributed by atoms with Crippen molar-refractivity contribution in [3.05, 3.63) is 52.8 Å². The van der Waals surface area contributed by atoms with E-state index in [2.05, 4.69) is 33.5 Å². The fourth-order valence-corrected chi connectivity index (χ4v) is 3.11. The second-order valence-electron chi connectivity index (χ2n) is 6.15. The van der Waals surface area contributed by atoms with Gasteiger partial charge in [-0.3, -0.25) is 0 Å². The van der Waals surface area contributed by atoms with Gasteiger partial charge in [-0.25, -0.2) is 14.8 Å². The Morgan fingerprint density at radius 2 is 1.86 bits per heavy atom. The van der Waals surface area contributed by atoms with E-state index in [1.807, 2.05) is 0 Å². The van der Waals surface area contributed by atoms with Crippen LogP contribution in [0.4, 0.5) is 5.95 Å². The zero-order valence-corrected chi connectivity index (χ0v) is 12.1. The van der Waals surface area contributed by atoms with Crippen LogP contribution < -0.4 is 5.32 Å². The van der Waals surface area contributed by atoms with Crippen LogP contribution in [0.1, 0.15) is 45.8 Å². The summed E-state index contributed by atoms with van der Waals surface area (Å²) in [4.78, 5) is 19.0. The number of carboxylic acid groups (broad SMARTS) is 1. The maximum atomic E-state index is 10.8. The van der Waals surface area contributed by atoms with Crippen molar-refractivity contribution < 1.29 is 9.90 Å². The molecule has 1 unspecified atom stereocenters. The first-order chi connectivity index (χ1) is 10.7. The number of carboxylic acids is 1. The minimum Gasteiger partial charge on any atom is -0.478 e. The molecule has 1 fully saturated rings. The van der Waals surface area contributed by atoms with Crippen LogP contribution >= 0.6 is 0 Å². The Hall–Kier alpha value is -2.43. The van der Waals surface area contributed by atoms with E-state index in [0.29, 0.717) is 5.95 Å². The number of hydrogen-bond donors (Lipinski definition) is 2. The van der Waals surface area contributed by atoms with Gasteiger partial charge < -0.3 is 10.4 Å². The van der Waals surface area contributed by atoms with Crippen molar-refractivity contribution in [2.24, 2.45) is 0 Å². The lowest BCUT2D eigenvalue weighted by Crippen LogP contribution is -2.21. The molecule has 0 spiro atoms. The lowest BCUT2D eigenvalue weighted by atomic mass is 10.0. The van der Waals surface area contributed by atoms with Gasteiger partial charge in [-0.1, -0.05) is 18.2 Å². The van der Waals surface area contributed by atoms with Crippen molar-refractivity contribution in [3.8, 4) is 0 Å². The van der Waals surface area contributed by atoms with Crippen LogP contribution in [0, 0.1) is 0 Å². The zero-order chi connectivity index (χ0) is 15.1. The number of nitrogens with zero attached hydrogens (tertiary/aromatic N) is 2. The van der Waals surface area contributed by atoms with Crippen LogP contribution in [0.3, 0.4) is 0 Å². The van der Waals surface area contributed by atoms with Gasteiger partial charge in [0.25, 0.3) is 0 Å². The van der Waals surface area contributed by atoms with Crippen LogP contribution in [0.25, 0.3) is 0 Å². The van der Waals surface area contributed by atoms with Crippen LogP contribution in [0.5, 0.6) is 0 Å². The first kappa shape index (κ1) is 13.2. The molecule has 1 heterocycles. The first-order valence-electron chi connectivity index (χ1n) is 7.62. The lowest BCUT2D eigenvalue weighted by molar-refractivity contribution is 0.0696. The first-order valence-corrected chi connectivity index (χ1v) is 7.62. The molecule has 2 aliphatic rings. The number of benzene rings is 1. The Morgan fingerprint density at radius 1 is 1.14 bits per heavy atom. The summed E-state index contributed by atoms with van der Waals surface area (Å²) in [6.45, 7) is 0. The van der Waals surface area contributed by atoms with E-state index in [0.717, 1.165) is 18.8 Å². The molecule has 5 heteroatoms. The lowest BCUT2D eigenvalue weighted by Gasteiger charge is -2.11. The van der Waals surface area contributed by atoms with Crippen molar-refractivity contribution in [1.29, 1.82) is 0 Å². The summed E-state index contributed by atoms with van der Waals surface area (Å²) in [5.41, 5.74) is 4.39. The number of fused-ring (bicyclic) bond motifs is 1. The van der Waals surface area contributed by atoms with E-state index < -0.39 is 5.97 Å². The molecule has 0 bridgehead atoms. The monoisotopic (exact) mass is 295 g/mol. The van der Waals surface area contributed by atoms with Gasteiger partial charge in [-0.15, -0.1) is 0 Å². The summed E-state index contributed by atoms with van der Waals surface area (Å²) >= 11 is 0. The van der Waals surface area contributed by atoms with Crippen molar-refractivity contribution >= 4 is 11.9 Å². The van der Waals surface area contributed by atoms with Gasteiger partial charge in [-0.05, 0) is 48.3 Å². The Labute approximate surface area is 128 Å². The van der Waals surface area contributed by atoms with Gasteiger partial charge in [0.05, 0.1) is 5.56 Å². The minimum atomic E-state index is -1.01. The number of rotatable bonds is 4. The van der Waals surface area contributed by atoms with Crippen molar-refractivity contribution in [2.45, 2.75) is 37.6 Å². The van der Waals surface area contributed by atoms with Crippen molar-refractivity contribution in [2.75, 3.05) is 5.32 Å². The molecule has 22 heavy (non-hydrogen) atoms. The molecule has 4 rings (SSSR count). The van der Waals surface area contributed by atoms with Gasteiger partial charge in [0.1, 0.15) is 0 Å². The quantitative estimate of drug-likeness (QED) is 0.907. The number of hydrogen-bond acceptors (Lipinski definition) is 4. The molecule has 0 saturated heterocycles. The summed E-state index contributed by atoms with van der Waals surface area (Å²) in [5.74, 6) is 0.266. The molecule has 0 amide bonds. The molecule has 0 aliphatic heterocycles. The largest absolute Gasteiger partial charge is 0.478 e. The Balaban J connectivity index is 1.45. The highest BCUT2D eigenvalue weighted by Crippen LogP contribution is 2.41. The molecule has 2 aromatic rings. The molecular formula is C17H17N3O2. The number of anilines is 1. The predicted molar refractivity (Wildman–Crippen MR) is 82.2 cm³/mol. The van der Waals surface area contributed by atoms with E-state index in [9.17, 15) is 4.79 Å². The number of carbonyl (C=O) groups is 1. The van der Waals surface area contributed by atoms with E-state index in [4.69, 9.17) is 5.11 Å². The van der Waals surface area contributed by atoms with Crippen LogP contribution in [0.2, 0.25) is 0 Å². The molecule has 112 valence electrons. The van der Waals surface area contributed by atoms with Crippen LogP contribution in [-0.4, -0.2) is 27.1 Å². The van der Waals surface area contributed by atoms with Gasteiger partial charge in [0.2, 0.25) is 5.95 Å². The second kappa shape index (κ2) is 5.09. The third kappa shape index (κ3) is 2.54. The van der Waals surface area contributed by atoms with E-state index in [1.54, 1.807) is 0 Å². The van der Waals surface area contributed by atoms with Gasteiger partial charge >= 0.3 is 5.97 Å². The third-order valence-corrected chi connectivity index (χ3v) is 4.44. The molecule has 1 atom stereocenters.